The lowest BCUT2D eigenvalue weighted by Gasteiger charge is -2.28. The van der Waals surface area contributed by atoms with Crippen molar-refractivity contribution in [1.82, 2.24) is 10.6 Å². The summed E-state index contributed by atoms with van der Waals surface area (Å²) in [6, 6.07) is 16.2. The molecule has 2 heteroatoms. The third kappa shape index (κ3) is 2.80. The molecule has 1 aliphatic heterocycles. The molecule has 2 N–H and O–H groups in total. The van der Waals surface area contributed by atoms with Gasteiger partial charge in [0, 0.05) is 18.6 Å². The highest BCUT2D eigenvalue weighted by atomic mass is 15.0. The minimum atomic E-state index is 0.399. The molecular weight excluding hydrogens is 232 g/mol. The second-order valence-electron chi connectivity index (χ2n) is 5.50. The van der Waals surface area contributed by atoms with E-state index in [4.69, 9.17) is 0 Å². The van der Waals surface area contributed by atoms with E-state index in [0.717, 1.165) is 6.54 Å². The molecule has 0 bridgehead atoms. The fraction of sp³-hybridized carbons (Fsp3) is 0.412. The minimum absolute atomic E-state index is 0.399. The van der Waals surface area contributed by atoms with Crippen LogP contribution in [0.1, 0.15) is 31.4 Å². The molecule has 2 nitrogen and oxygen atoms in total. The van der Waals surface area contributed by atoms with E-state index in [9.17, 15) is 0 Å². The molecule has 1 fully saturated rings. The van der Waals surface area contributed by atoms with E-state index in [2.05, 4.69) is 60.0 Å². The van der Waals surface area contributed by atoms with E-state index in [1.54, 1.807) is 0 Å². The van der Waals surface area contributed by atoms with Gasteiger partial charge in [0.05, 0.1) is 0 Å². The standard InChI is InChI=1S/C17H22N2/c1-13(19-15-8-5-11-18-12-15)16-10-4-7-14-6-2-3-9-17(14)16/h2-4,6-7,9-10,13,15,18-19H,5,8,11-12H2,1H3. The van der Waals surface area contributed by atoms with Crippen molar-refractivity contribution in [2.24, 2.45) is 0 Å². The molecule has 0 amide bonds. The number of nitrogens with one attached hydrogen (secondary N) is 2. The van der Waals surface area contributed by atoms with Crippen LogP contribution in [0.15, 0.2) is 42.5 Å². The Kier molecular flexibility index (Phi) is 3.81. The van der Waals surface area contributed by atoms with Crippen LogP contribution in [0.4, 0.5) is 0 Å². The first-order valence-corrected chi connectivity index (χ1v) is 7.29. The van der Waals surface area contributed by atoms with Crippen molar-refractivity contribution in [1.29, 1.82) is 0 Å². The third-order valence-corrected chi connectivity index (χ3v) is 4.07. The highest BCUT2D eigenvalue weighted by molar-refractivity contribution is 5.86. The van der Waals surface area contributed by atoms with Gasteiger partial charge in [-0.1, -0.05) is 42.5 Å². The van der Waals surface area contributed by atoms with Crippen molar-refractivity contribution in [2.75, 3.05) is 13.1 Å². The van der Waals surface area contributed by atoms with E-state index < -0.39 is 0 Å². The molecule has 0 spiro atoms. The van der Waals surface area contributed by atoms with E-state index in [1.807, 2.05) is 0 Å². The lowest BCUT2D eigenvalue weighted by atomic mass is 9.98. The first-order chi connectivity index (χ1) is 9.34. The Morgan fingerprint density at radius 1 is 1.16 bits per heavy atom. The normalized spacial score (nSPS) is 21.4. The number of fused-ring (bicyclic) bond motifs is 1. The van der Waals surface area contributed by atoms with Crippen molar-refractivity contribution < 1.29 is 0 Å². The summed E-state index contributed by atoms with van der Waals surface area (Å²) >= 11 is 0. The van der Waals surface area contributed by atoms with E-state index in [-0.39, 0.29) is 0 Å². The van der Waals surface area contributed by atoms with Crippen molar-refractivity contribution in [3.05, 3.63) is 48.0 Å². The maximum atomic E-state index is 3.76. The Morgan fingerprint density at radius 3 is 2.84 bits per heavy atom. The molecule has 0 aliphatic carbocycles. The van der Waals surface area contributed by atoms with Crippen LogP contribution in [0.2, 0.25) is 0 Å². The van der Waals surface area contributed by atoms with Gasteiger partial charge in [-0.05, 0) is 42.6 Å². The first kappa shape index (κ1) is 12.6. The lowest BCUT2D eigenvalue weighted by molar-refractivity contribution is 0.363. The number of benzene rings is 2. The molecule has 100 valence electrons. The quantitative estimate of drug-likeness (QED) is 0.878. The first-order valence-electron chi connectivity index (χ1n) is 7.29. The Morgan fingerprint density at radius 2 is 2.00 bits per heavy atom. The average molecular weight is 254 g/mol. The van der Waals surface area contributed by atoms with Crippen LogP contribution in [0.3, 0.4) is 0 Å². The van der Waals surface area contributed by atoms with Crippen molar-refractivity contribution in [2.45, 2.75) is 31.8 Å². The highest BCUT2D eigenvalue weighted by Gasteiger charge is 2.16. The Hall–Kier alpha value is -1.38. The van der Waals surface area contributed by atoms with Crippen LogP contribution in [0.5, 0.6) is 0 Å². The van der Waals surface area contributed by atoms with E-state index in [1.165, 1.54) is 35.7 Å². The van der Waals surface area contributed by atoms with Gasteiger partial charge in [-0.3, -0.25) is 0 Å². The molecule has 1 heterocycles. The number of rotatable bonds is 3. The molecule has 0 aromatic heterocycles. The van der Waals surface area contributed by atoms with Crippen molar-refractivity contribution in [3.63, 3.8) is 0 Å². The minimum Gasteiger partial charge on any atom is -0.315 e. The summed E-state index contributed by atoms with van der Waals surface area (Å²) in [5.41, 5.74) is 1.41. The Bertz CT molecular complexity index is 538. The molecule has 2 atom stereocenters. The summed E-state index contributed by atoms with van der Waals surface area (Å²) in [6.45, 7) is 4.53. The Labute approximate surface area is 115 Å². The molecule has 2 unspecified atom stereocenters. The van der Waals surface area contributed by atoms with Crippen LogP contribution in [-0.4, -0.2) is 19.1 Å². The zero-order valence-electron chi connectivity index (χ0n) is 11.5. The van der Waals surface area contributed by atoms with E-state index >= 15 is 0 Å². The van der Waals surface area contributed by atoms with Gasteiger partial charge in [-0.25, -0.2) is 0 Å². The monoisotopic (exact) mass is 254 g/mol. The summed E-state index contributed by atoms with van der Waals surface area (Å²) in [5.74, 6) is 0. The third-order valence-electron chi connectivity index (χ3n) is 4.07. The maximum Gasteiger partial charge on any atom is 0.0301 e. The van der Waals surface area contributed by atoms with Crippen LogP contribution in [0.25, 0.3) is 10.8 Å². The summed E-state index contributed by atoms with van der Waals surface area (Å²) in [5, 5.41) is 9.93. The molecule has 0 saturated carbocycles. The lowest BCUT2D eigenvalue weighted by Crippen LogP contribution is -2.43. The second kappa shape index (κ2) is 5.72. The molecular formula is C17H22N2. The largest absolute Gasteiger partial charge is 0.315 e. The van der Waals surface area contributed by atoms with Gasteiger partial charge in [0.1, 0.15) is 0 Å². The average Bonchev–Trinajstić information content (AvgIpc) is 2.47. The van der Waals surface area contributed by atoms with Crippen LogP contribution in [-0.2, 0) is 0 Å². The molecule has 1 saturated heterocycles. The molecule has 2 aromatic rings. The van der Waals surface area contributed by atoms with Gasteiger partial charge < -0.3 is 10.6 Å². The van der Waals surface area contributed by atoms with Gasteiger partial charge in [0.2, 0.25) is 0 Å². The topological polar surface area (TPSA) is 24.1 Å². The van der Waals surface area contributed by atoms with Crippen molar-refractivity contribution in [3.8, 4) is 0 Å². The fourth-order valence-corrected chi connectivity index (χ4v) is 3.07. The SMILES string of the molecule is CC(NC1CCCNC1)c1cccc2ccccc12. The predicted molar refractivity (Wildman–Crippen MR) is 81.4 cm³/mol. The van der Waals surface area contributed by atoms with Crippen LogP contribution in [0, 0.1) is 0 Å². The van der Waals surface area contributed by atoms with Gasteiger partial charge in [0.15, 0.2) is 0 Å². The number of piperidine rings is 1. The van der Waals surface area contributed by atoms with E-state index in [0.29, 0.717) is 12.1 Å². The summed E-state index contributed by atoms with van der Waals surface area (Å²) < 4.78 is 0. The van der Waals surface area contributed by atoms with Gasteiger partial charge in [-0.15, -0.1) is 0 Å². The highest BCUT2D eigenvalue weighted by Crippen LogP contribution is 2.24. The maximum absolute atomic E-state index is 3.76. The zero-order valence-corrected chi connectivity index (χ0v) is 11.5. The Balaban J connectivity index is 1.82. The molecule has 2 aromatic carbocycles. The molecule has 3 rings (SSSR count). The summed E-state index contributed by atoms with van der Waals surface area (Å²) in [4.78, 5) is 0. The van der Waals surface area contributed by atoms with Crippen LogP contribution >= 0.6 is 0 Å². The molecule has 1 aliphatic rings. The fourth-order valence-electron chi connectivity index (χ4n) is 3.07. The molecule has 19 heavy (non-hydrogen) atoms. The number of hydrogen-bond acceptors (Lipinski definition) is 2. The number of hydrogen-bond donors (Lipinski definition) is 2. The van der Waals surface area contributed by atoms with Gasteiger partial charge in [-0.2, -0.15) is 0 Å². The molecule has 0 radical (unpaired) electrons. The summed E-state index contributed by atoms with van der Waals surface area (Å²) in [6.07, 6.45) is 2.56. The second-order valence-corrected chi connectivity index (χ2v) is 5.50. The summed E-state index contributed by atoms with van der Waals surface area (Å²) in [7, 11) is 0. The van der Waals surface area contributed by atoms with Gasteiger partial charge in [0.25, 0.3) is 0 Å². The predicted octanol–water partition coefficient (Wildman–Crippen LogP) is 3.24. The zero-order chi connectivity index (χ0) is 13.1. The smallest absolute Gasteiger partial charge is 0.0301 e. The van der Waals surface area contributed by atoms with Gasteiger partial charge >= 0.3 is 0 Å². The van der Waals surface area contributed by atoms with Crippen molar-refractivity contribution >= 4 is 10.8 Å². The van der Waals surface area contributed by atoms with Crippen LogP contribution < -0.4 is 10.6 Å².